The zero-order chi connectivity index (χ0) is 6.41. The summed E-state index contributed by atoms with van der Waals surface area (Å²) in [6, 6.07) is 0. The van der Waals surface area contributed by atoms with Crippen molar-refractivity contribution in [1.82, 2.24) is 4.90 Å². The van der Waals surface area contributed by atoms with Crippen LogP contribution in [0.15, 0.2) is 25.1 Å². The molecular formula is C7H13N. The molecule has 0 aliphatic carbocycles. The van der Waals surface area contributed by atoms with Crippen LogP contribution in [0.3, 0.4) is 0 Å². The Morgan fingerprint density at radius 1 is 1.62 bits per heavy atom. The average molecular weight is 111 g/mol. The second kappa shape index (κ2) is 4.44. The molecule has 0 aromatic carbocycles. The SMILES string of the molecule is C=CN(C=CC)CC. The van der Waals surface area contributed by atoms with Gasteiger partial charge in [0.1, 0.15) is 0 Å². The van der Waals surface area contributed by atoms with Gasteiger partial charge in [0.05, 0.1) is 0 Å². The maximum absolute atomic E-state index is 3.63. The summed E-state index contributed by atoms with van der Waals surface area (Å²) in [5.74, 6) is 0. The topological polar surface area (TPSA) is 3.24 Å². The maximum Gasteiger partial charge on any atom is 0.0190 e. The summed E-state index contributed by atoms with van der Waals surface area (Å²) < 4.78 is 0. The molecule has 1 heteroatoms. The van der Waals surface area contributed by atoms with Gasteiger partial charge in [-0.3, -0.25) is 0 Å². The van der Waals surface area contributed by atoms with Gasteiger partial charge in [0.2, 0.25) is 0 Å². The Bertz CT molecular complexity index is 84.4. The fourth-order valence-electron chi connectivity index (χ4n) is 0.487. The lowest BCUT2D eigenvalue weighted by atomic mass is 10.6. The van der Waals surface area contributed by atoms with E-state index in [4.69, 9.17) is 0 Å². The lowest BCUT2D eigenvalue weighted by molar-refractivity contribution is 0.538. The van der Waals surface area contributed by atoms with Crippen LogP contribution >= 0.6 is 0 Å². The van der Waals surface area contributed by atoms with E-state index in [1.807, 2.05) is 24.1 Å². The molecule has 0 bridgehead atoms. The molecule has 0 spiro atoms. The van der Waals surface area contributed by atoms with Crippen LogP contribution < -0.4 is 0 Å². The van der Waals surface area contributed by atoms with Crippen molar-refractivity contribution in [3.8, 4) is 0 Å². The van der Waals surface area contributed by atoms with Gasteiger partial charge in [0.25, 0.3) is 0 Å². The maximum atomic E-state index is 3.63. The molecule has 1 nitrogen and oxygen atoms in total. The summed E-state index contributed by atoms with van der Waals surface area (Å²) in [5.41, 5.74) is 0. The summed E-state index contributed by atoms with van der Waals surface area (Å²) in [6.45, 7) is 8.70. The first kappa shape index (κ1) is 7.28. The van der Waals surface area contributed by atoms with Gasteiger partial charge in [-0.2, -0.15) is 0 Å². The average Bonchev–Trinajstić information content (AvgIpc) is 1.83. The molecule has 0 unspecified atom stereocenters. The molecule has 0 aliphatic heterocycles. The minimum absolute atomic E-state index is 0.994. The van der Waals surface area contributed by atoms with Crippen molar-refractivity contribution in [3.05, 3.63) is 25.1 Å². The van der Waals surface area contributed by atoms with Crippen LogP contribution in [0, 0.1) is 0 Å². The van der Waals surface area contributed by atoms with Crippen LogP contribution in [-0.2, 0) is 0 Å². The van der Waals surface area contributed by atoms with Gasteiger partial charge in [-0.05, 0) is 26.2 Å². The third kappa shape index (κ3) is 2.45. The van der Waals surface area contributed by atoms with E-state index in [0.29, 0.717) is 0 Å². The van der Waals surface area contributed by atoms with E-state index in [9.17, 15) is 0 Å². The number of nitrogens with zero attached hydrogens (tertiary/aromatic N) is 1. The van der Waals surface area contributed by atoms with Crippen LogP contribution in [0.5, 0.6) is 0 Å². The summed E-state index contributed by atoms with van der Waals surface area (Å²) in [6.07, 6.45) is 5.79. The monoisotopic (exact) mass is 111 g/mol. The molecule has 0 radical (unpaired) electrons. The van der Waals surface area contributed by atoms with Gasteiger partial charge in [0, 0.05) is 6.54 Å². The van der Waals surface area contributed by atoms with E-state index in [-0.39, 0.29) is 0 Å². The van der Waals surface area contributed by atoms with Gasteiger partial charge in [-0.1, -0.05) is 12.7 Å². The third-order valence-electron chi connectivity index (χ3n) is 0.940. The molecule has 0 aromatic heterocycles. The van der Waals surface area contributed by atoms with Crippen LogP contribution in [0.1, 0.15) is 13.8 Å². The van der Waals surface area contributed by atoms with Gasteiger partial charge in [-0.15, -0.1) is 0 Å². The molecule has 8 heavy (non-hydrogen) atoms. The van der Waals surface area contributed by atoms with Crippen molar-refractivity contribution in [2.75, 3.05) is 6.54 Å². The normalized spacial score (nSPS) is 9.75. The number of rotatable bonds is 3. The van der Waals surface area contributed by atoms with Gasteiger partial charge >= 0.3 is 0 Å². The number of hydrogen-bond donors (Lipinski definition) is 0. The highest BCUT2D eigenvalue weighted by Crippen LogP contribution is 1.86. The highest BCUT2D eigenvalue weighted by molar-refractivity contribution is 4.84. The minimum atomic E-state index is 0.994. The van der Waals surface area contributed by atoms with Crippen molar-refractivity contribution in [2.45, 2.75) is 13.8 Å². The molecule has 0 saturated heterocycles. The molecule has 0 aromatic rings. The quantitative estimate of drug-likeness (QED) is 0.538. The van der Waals surface area contributed by atoms with E-state index < -0.39 is 0 Å². The standard InChI is InChI=1S/C7H13N/c1-4-7-8(5-2)6-3/h4-5,7H,2,6H2,1,3H3. The van der Waals surface area contributed by atoms with Gasteiger partial charge < -0.3 is 4.90 Å². The predicted molar refractivity (Wildman–Crippen MR) is 37.4 cm³/mol. The first-order valence-electron chi connectivity index (χ1n) is 2.86. The zero-order valence-electron chi connectivity index (χ0n) is 5.59. The summed E-state index contributed by atoms with van der Waals surface area (Å²) in [7, 11) is 0. The van der Waals surface area contributed by atoms with E-state index in [2.05, 4.69) is 13.5 Å². The second-order valence-electron chi connectivity index (χ2n) is 1.50. The van der Waals surface area contributed by atoms with Gasteiger partial charge in [-0.25, -0.2) is 0 Å². The molecule has 0 amide bonds. The van der Waals surface area contributed by atoms with Crippen molar-refractivity contribution in [1.29, 1.82) is 0 Å². The largest absolute Gasteiger partial charge is 0.355 e. The molecular weight excluding hydrogens is 98.1 g/mol. The van der Waals surface area contributed by atoms with Crippen LogP contribution in [0.2, 0.25) is 0 Å². The highest BCUT2D eigenvalue weighted by Gasteiger charge is 1.80. The fourth-order valence-corrected chi connectivity index (χ4v) is 0.487. The van der Waals surface area contributed by atoms with E-state index in [1.54, 1.807) is 6.20 Å². The number of hydrogen-bond acceptors (Lipinski definition) is 1. The lowest BCUT2D eigenvalue weighted by Gasteiger charge is -2.09. The minimum Gasteiger partial charge on any atom is -0.355 e. The Hall–Kier alpha value is -0.720. The molecule has 0 saturated carbocycles. The Labute approximate surface area is 51.3 Å². The molecule has 0 rings (SSSR count). The highest BCUT2D eigenvalue weighted by atomic mass is 15.1. The Morgan fingerprint density at radius 2 is 2.25 bits per heavy atom. The van der Waals surface area contributed by atoms with E-state index in [0.717, 1.165) is 6.54 Å². The van der Waals surface area contributed by atoms with Crippen molar-refractivity contribution < 1.29 is 0 Å². The van der Waals surface area contributed by atoms with Crippen molar-refractivity contribution in [2.24, 2.45) is 0 Å². The Kier molecular flexibility index (Phi) is 4.04. The third-order valence-corrected chi connectivity index (χ3v) is 0.940. The smallest absolute Gasteiger partial charge is 0.0190 e. The summed E-state index contributed by atoms with van der Waals surface area (Å²) >= 11 is 0. The Balaban J connectivity index is 3.52. The van der Waals surface area contributed by atoms with E-state index in [1.165, 1.54) is 0 Å². The number of allylic oxidation sites excluding steroid dienone is 1. The van der Waals surface area contributed by atoms with Crippen molar-refractivity contribution in [3.63, 3.8) is 0 Å². The fraction of sp³-hybridized carbons (Fsp3) is 0.429. The first-order valence-corrected chi connectivity index (χ1v) is 2.86. The van der Waals surface area contributed by atoms with E-state index >= 15 is 0 Å². The summed E-state index contributed by atoms with van der Waals surface area (Å²) in [5, 5.41) is 0. The van der Waals surface area contributed by atoms with Crippen LogP contribution in [-0.4, -0.2) is 11.4 Å². The second-order valence-corrected chi connectivity index (χ2v) is 1.50. The lowest BCUT2D eigenvalue weighted by Crippen LogP contribution is -2.06. The molecule has 0 aliphatic rings. The van der Waals surface area contributed by atoms with Crippen LogP contribution in [0.25, 0.3) is 0 Å². The molecule has 46 valence electrons. The Morgan fingerprint density at radius 3 is 2.38 bits per heavy atom. The molecule has 0 heterocycles. The van der Waals surface area contributed by atoms with Crippen LogP contribution in [0.4, 0.5) is 0 Å². The zero-order valence-corrected chi connectivity index (χ0v) is 5.59. The predicted octanol–water partition coefficient (Wildman–Crippen LogP) is 1.99. The van der Waals surface area contributed by atoms with Crippen molar-refractivity contribution >= 4 is 0 Å². The summed E-state index contributed by atoms with van der Waals surface area (Å²) in [4.78, 5) is 2.01. The first-order chi connectivity index (χ1) is 3.85. The van der Waals surface area contributed by atoms with Gasteiger partial charge in [0.15, 0.2) is 0 Å². The molecule has 0 N–H and O–H groups in total. The molecule has 0 atom stereocenters. The molecule has 0 fully saturated rings.